The van der Waals surface area contributed by atoms with Crippen molar-refractivity contribution in [1.29, 1.82) is 0 Å². The first-order valence-electron chi connectivity index (χ1n) is 10.5. The molecule has 0 fully saturated rings. The molecule has 4 rings (SSSR count). The highest BCUT2D eigenvalue weighted by Crippen LogP contribution is 2.20. The zero-order valence-electron chi connectivity index (χ0n) is 19.3. The standard InChI is InChI=1S/C17H19N5OS.2C2HF3O2/c1-2-15(8-18-3-1)23-13-14-9-21(12-17-20-5-7-24-17)11-16-19-4-6-22(16)10-14;2*3-2(4,5)1(6)7/h1-8,14H,9-13H2;2*(H,6,7). The number of aromatic nitrogens is 4. The van der Waals surface area contributed by atoms with Gasteiger partial charge in [-0.1, -0.05) is 0 Å². The largest absolute Gasteiger partial charge is 0.492 e. The maximum atomic E-state index is 10.6. The Labute approximate surface area is 215 Å². The average Bonchev–Trinajstić information content (AvgIpc) is 3.47. The van der Waals surface area contributed by atoms with Crippen LogP contribution in [0.3, 0.4) is 0 Å². The summed E-state index contributed by atoms with van der Waals surface area (Å²) in [5.41, 5.74) is 0. The molecule has 0 saturated carbocycles. The number of carboxylic acids is 2. The third kappa shape index (κ3) is 10.7. The third-order valence-electron chi connectivity index (χ3n) is 4.59. The van der Waals surface area contributed by atoms with Crippen LogP contribution in [0.1, 0.15) is 10.8 Å². The van der Waals surface area contributed by atoms with E-state index in [1.807, 2.05) is 29.9 Å². The highest BCUT2D eigenvalue weighted by molar-refractivity contribution is 7.09. The summed E-state index contributed by atoms with van der Waals surface area (Å²) in [4.78, 5) is 33.2. The normalized spacial score (nSPS) is 15.6. The van der Waals surface area contributed by atoms with Crippen LogP contribution < -0.4 is 4.74 Å². The van der Waals surface area contributed by atoms with Gasteiger partial charge in [0.2, 0.25) is 0 Å². The summed E-state index contributed by atoms with van der Waals surface area (Å²) in [6.45, 7) is 4.24. The number of carbonyl (C=O) groups is 2. The molecule has 2 N–H and O–H groups in total. The number of hydrogen-bond donors (Lipinski definition) is 2. The Hall–Kier alpha value is -3.73. The van der Waals surface area contributed by atoms with Crippen LogP contribution in [-0.2, 0) is 29.2 Å². The monoisotopic (exact) mass is 569 g/mol. The van der Waals surface area contributed by atoms with Crippen molar-refractivity contribution in [3.8, 4) is 5.75 Å². The van der Waals surface area contributed by atoms with Gasteiger partial charge in [-0.05, 0) is 12.1 Å². The van der Waals surface area contributed by atoms with E-state index in [-0.39, 0.29) is 0 Å². The van der Waals surface area contributed by atoms with Crippen molar-refractivity contribution in [2.75, 3.05) is 13.2 Å². The van der Waals surface area contributed by atoms with Crippen LogP contribution in [0.4, 0.5) is 26.3 Å². The van der Waals surface area contributed by atoms with E-state index >= 15 is 0 Å². The summed E-state index contributed by atoms with van der Waals surface area (Å²) in [6.07, 6.45) is -0.860. The maximum absolute atomic E-state index is 10.6. The van der Waals surface area contributed by atoms with E-state index in [0.29, 0.717) is 12.5 Å². The van der Waals surface area contributed by atoms with Gasteiger partial charge < -0.3 is 19.5 Å². The van der Waals surface area contributed by atoms with Crippen LogP contribution in [0.25, 0.3) is 0 Å². The van der Waals surface area contributed by atoms with Crippen LogP contribution >= 0.6 is 11.3 Å². The van der Waals surface area contributed by atoms with E-state index in [2.05, 4.69) is 30.6 Å². The molecule has 10 nitrogen and oxygen atoms in total. The lowest BCUT2D eigenvalue weighted by Crippen LogP contribution is -2.30. The minimum absolute atomic E-state index is 0.389. The molecular formula is C21H21F6N5O5S. The second-order valence-corrected chi connectivity index (χ2v) is 8.54. The molecule has 1 aliphatic rings. The number of hydrogen-bond acceptors (Lipinski definition) is 8. The lowest BCUT2D eigenvalue weighted by molar-refractivity contribution is -0.193. The highest BCUT2D eigenvalue weighted by atomic mass is 32.1. The first kappa shape index (κ1) is 30.5. The van der Waals surface area contributed by atoms with E-state index in [0.717, 1.165) is 42.8 Å². The number of alkyl halides is 6. The van der Waals surface area contributed by atoms with Gasteiger partial charge in [-0.2, -0.15) is 26.3 Å². The number of carboxylic acid groups (broad SMARTS) is 2. The number of thiazole rings is 1. The van der Waals surface area contributed by atoms with Crippen molar-refractivity contribution in [3.05, 3.63) is 59.3 Å². The van der Waals surface area contributed by atoms with Gasteiger partial charge in [-0.15, -0.1) is 11.3 Å². The average molecular weight is 569 g/mol. The van der Waals surface area contributed by atoms with Crippen LogP contribution in [-0.4, -0.2) is 72.1 Å². The van der Waals surface area contributed by atoms with E-state index in [9.17, 15) is 26.3 Å². The molecule has 17 heteroatoms. The number of aliphatic carboxylic acids is 2. The van der Waals surface area contributed by atoms with E-state index in [1.165, 1.54) is 0 Å². The lowest BCUT2D eigenvalue weighted by Gasteiger charge is -2.23. The second-order valence-electron chi connectivity index (χ2n) is 7.56. The van der Waals surface area contributed by atoms with E-state index < -0.39 is 24.3 Å². The summed E-state index contributed by atoms with van der Waals surface area (Å²) in [5, 5.41) is 17.4. The summed E-state index contributed by atoms with van der Waals surface area (Å²) in [5.74, 6) is -3.20. The van der Waals surface area contributed by atoms with Crippen molar-refractivity contribution < 1.29 is 50.9 Å². The second kappa shape index (κ2) is 13.7. The molecule has 0 amide bonds. The zero-order valence-corrected chi connectivity index (χ0v) is 20.1. The van der Waals surface area contributed by atoms with Crippen LogP contribution in [0.2, 0.25) is 0 Å². The van der Waals surface area contributed by atoms with Crippen molar-refractivity contribution in [3.63, 3.8) is 0 Å². The Balaban J connectivity index is 0.000000301. The van der Waals surface area contributed by atoms with Gasteiger partial charge in [0.15, 0.2) is 0 Å². The fraction of sp³-hybridized carbons (Fsp3) is 0.381. The predicted octanol–water partition coefficient (Wildman–Crippen LogP) is 3.71. The number of nitrogens with zero attached hydrogens (tertiary/aromatic N) is 5. The number of halogens is 6. The van der Waals surface area contributed by atoms with Crippen LogP contribution in [0.15, 0.2) is 48.5 Å². The Bertz CT molecular complexity index is 1120. The summed E-state index contributed by atoms with van der Waals surface area (Å²) in [7, 11) is 0. The number of ether oxygens (including phenoxy) is 1. The molecule has 1 unspecified atom stereocenters. The Morgan fingerprint density at radius 2 is 1.68 bits per heavy atom. The van der Waals surface area contributed by atoms with Gasteiger partial charge in [0.25, 0.3) is 0 Å². The number of fused-ring (bicyclic) bond motifs is 1. The minimum Gasteiger partial charge on any atom is -0.492 e. The van der Waals surface area contributed by atoms with Gasteiger partial charge in [0.05, 0.1) is 25.9 Å². The maximum Gasteiger partial charge on any atom is 0.490 e. The van der Waals surface area contributed by atoms with E-state index in [1.54, 1.807) is 23.7 Å². The predicted molar refractivity (Wildman–Crippen MR) is 119 cm³/mol. The molecule has 1 atom stereocenters. The zero-order chi connectivity index (χ0) is 28.3. The molecule has 3 aromatic rings. The fourth-order valence-corrected chi connectivity index (χ4v) is 3.68. The molecule has 0 aromatic carbocycles. The highest BCUT2D eigenvalue weighted by Gasteiger charge is 2.38. The van der Waals surface area contributed by atoms with Crippen molar-refractivity contribution in [1.82, 2.24) is 24.4 Å². The van der Waals surface area contributed by atoms with Crippen LogP contribution in [0.5, 0.6) is 5.75 Å². The Morgan fingerprint density at radius 1 is 1.03 bits per heavy atom. The molecule has 0 spiro atoms. The molecule has 0 saturated heterocycles. The molecule has 0 bridgehead atoms. The molecule has 1 aliphatic heterocycles. The van der Waals surface area contributed by atoms with Crippen molar-refractivity contribution >= 4 is 23.3 Å². The van der Waals surface area contributed by atoms with Crippen LogP contribution in [0, 0.1) is 5.92 Å². The van der Waals surface area contributed by atoms with Crippen molar-refractivity contribution in [2.45, 2.75) is 32.0 Å². The number of imidazole rings is 1. The van der Waals surface area contributed by atoms with Gasteiger partial charge in [-0.25, -0.2) is 19.6 Å². The minimum atomic E-state index is -5.08. The molecule has 208 valence electrons. The Kier molecular flexibility index (Phi) is 11.0. The van der Waals surface area contributed by atoms with Gasteiger partial charge in [0.1, 0.15) is 16.6 Å². The summed E-state index contributed by atoms with van der Waals surface area (Å²) < 4.78 is 71.6. The molecule has 0 aliphatic carbocycles. The first-order chi connectivity index (χ1) is 17.8. The van der Waals surface area contributed by atoms with Crippen molar-refractivity contribution in [2.24, 2.45) is 5.92 Å². The van der Waals surface area contributed by atoms with Gasteiger partial charge >= 0.3 is 24.3 Å². The quantitative estimate of drug-likeness (QED) is 0.442. The SMILES string of the molecule is O=C(O)C(F)(F)F.O=C(O)C(F)(F)F.c1cncc(OCC2CN(Cc3nccs3)Cc3nccn3C2)c1. The topological polar surface area (TPSA) is 131 Å². The van der Waals surface area contributed by atoms with E-state index in [4.69, 9.17) is 24.5 Å². The lowest BCUT2D eigenvalue weighted by atomic mass is 10.1. The first-order valence-corrected chi connectivity index (χ1v) is 11.4. The van der Waals surface area contributed by atoms with Gasteiger partial charge in [-0.3, -0.25) is 9.88 Å². The third-order valence-corrected chi connectivity index (χ3v) is 5.35. The number of pyridine rings is 1. The Morgan fingerprint density at radius 3 is 2.21 bits per heavy atom. The molecular weight excluding hydrogens is 548 g/mol. The molecule has 3 aromatic heterocycles. The molecule has 4 heterocycles. The molecule has 38 heavy (non-hydrogen) atoms. The smallest absolute Gasteiger partial charge is 0.490 e. The fourth-order valence-electron chi connectivity index (χ4n) is 3.02. The summed E-state index contributed by atoms with van der Waals surface area (Å²) in [6, 6.07) is 3.84. The number of rotatable bonds is 5. The summed E-state index contributed by atoms with van der Waals surface area (Å²) >= 11 is 1.70. The van der Waals surface area contributed by atoms with Gasteiger partial charge in [0, 0.05) is 49.2 Å². The molecule has 0 radical (unpaired) electrons.